The summed E-state index contributed by atoms with van der Waals surface area (Å²) in [6, 6.07) is 9.89. The van der Waals surface area contributed by atoms with E-state index in [1.807, 2.05) is 43.0 Å². The van der Waals surface area contributed by atoms with Crippen LogP contribution < -0.4 is 4.90 Å². The molecular formula is C17H19ClN2OS. The van der Waals surface area contributed by atoms with Crippen LogP contribution in [0.1, 0.15) is 20.1 Å². The van der Waals surface area contributed by atoms with E-state index in [0.29, 0.717) is 0 Å². The molecule has 1 amide bonds. The fourth-order valence-corrected chi connectivity index (χ4v) is 3.95. The third-order valence-corrected chi connectivity index (χ3v) is 5.21. The predicted octanol–water partition coefficient (Wildman–Crippen LogP) is 3.98. The molecule has 1 aromatic carbocycles. The van der Waals surface area contributed by atoms with E-state index in [9.17, 15) is 4.79 Å². The number of halogens is 1. The van der Waals surface area contributed by atoms with Gasteiger partial charge in [-0.25, -0.2) is 0 Å². The number of benzene rings is 1. The van der Waals surface area contributed by atoms with Crippen LogP contribution in [0.15, 0.2) is 30.3 Å². The lowest BCUT2D eigenvalue weighted by Gasteiger charge is -2.36. The van der Waals surface area contributed by atoms with Crippen molar-refractivity contribution < 1.29 is 4.79 Å². The summed E-state index contributed by atoms with van der Waals surface area (Å²) in [7, 11) is 0. The maximum atomic E-state index is 12.6. The Morgan fingerprint density at radius 1 is 1.14 bits per heavy atom. The van der Waals surface area contributed by atoms with Crippen LogP contribution in [0.25, 0.3) is 0 Å². The van der Waals surface area contributed by atoms with Gasteiger partial charge in [-0.3, -0.25) is 4.79 Å². The minimum absolute atomic E-state index is 0.160. The van der Waals surface area contributed by atoms with Gasteiger partial charge in [-0.1, -0.05) is 17.7 Å². The van der Waals surface area contributed by atoms with Crippen molar-refractivity contribution in [1.82, 2.24) is 4.90 Å². The number of amides is 1. The van der Waals surface area contributed by atoms with Gasteiger partial charge in [0.05, 0.1) is 5.56 Å². The van der Waals surface area contributed by atoms with Crippen LogP contribution in [0.2, 0.25) is 5.02 Å². The van der Waals surface area contributed by atoms with E-state index in [4.69, 9.17) is 11.6 Å². The van der Waals surface area contributed by atoms with Crippen LogP contribution in [0.3, 0.4) is 0 Å². The van der Waals surface area contributed by atoms with Crippen molar-refractivity contribution in [2.75, 3.05) is 31.1 Å². The van der Waals surface area contributed by atoms with Crippen LogP contribution in [0.5, 0.6) is 0 Å². The zero-order valence-electron chi connectivity index (χ0n) is 12.8. The Morgan fingerprint density at radius 3 is 2.45 bits per heavy atom. The number of hydrogen-bond acceptors (Lipinski definition) is 3. The second-order valence-corrected chi connectivity index (χ2v) is 7.48. The van der Waals surface area contributed by atoms with Crippen LogP contribution in [0, 0.1) is 13.8 Å². The Morgan fingerprint density at radius 2 is 1.86 bits per heavy atom. The van der Waals surface area contributed by atoms with E-state index < -0.39 is 0 Å². The Labute approximate surface area is 140 Å². The predicted molar refractivity (Wildman–Crippen MR) is 93.4 cm³/mol. The molecule has 2 aromatic rings. The van der Waals surface area contributed by atoms with Gasteiger partial charge in [0.25, 0.3) is 5.91 Å². The highest BCUT2D eigenvalue weighted by molar-refractivity contribution is 7.12. The Balaban J connectivity index is 1.67. The molecule has 0 bridgehead atoms. The first-order valence-electron chi connectivity index (χ1n) is 7.41. The quantitative estimate of drug-likeness (QED) is 0.829. The minimum Gasteiger partial charge on any atom is -0.368 e. The van der Waals surface area contributed by atoms with Gasteiger partial charge in [0.15, 0.2) is 0 Å². The second-order valence-electron chi connectivity index (χ2n) is 5.59. The number of thiophene rings is 1. The van der Waals surface area contributed by atoms with Crippen molar-refractivity contribution in [3.63, 3.8) is 0 Å². The van der Waals surface area contributed by atoms with Crippen molar-refractivity contribution in [1.29, 1.82) is 0 Å². The van der Waals surface area contributed by atoms with E-state index in [2.05, 4.69) is 11.0 Å². The first-order valence-corrected chi connectivity index (χ1v) is 8.61. The fourth-order valence-electron chi connectivity index (χ4n) is 2.85. The lowest BCUT2D eigenvalue weighted by molar-refractivity contribution is 0.0746. The molecule has 1 aliphatic rings. The van der Waals surface area contributed by atoms with Gasteiger partial charge < -0.3 is 9.80 Å². The van der Waals surface area contributed by atoms with E-state index in [1.165, 1.54) is 4.88 Å². The molecule has 0 spiro atoms. The molecule has 0 radical (unpaired) electrons. The summed E-state index contributed by atoms with van der Waals surface area (Å²) < 4.78 is 0. The van der Waals surface area contributed by atoms with Gasteiger partial charge in [0.1, 0.15) is 0 Å². The maximum Gasteiger partial charge on any atom is 0.255 e. The van der Waals surface area contributed by atoms with Gasteiger partial charge in [-0.05, 0) is 38.1 Å². The van der Waals surface area contributed by atoms with Gasteiger partial charge in [-0.2, -0.15) is 0 Å². The molecule has 116 valence electrons. The average molecular weight is 335 g/mol. The monoisotopic (exact) mass is 334 g/mol. The molecule has 0 unspecified atom stereocenters. The molecule has 0 atom stereocenters. The van der Waals surface area contributed by atoms with Gasteiger partial charge in [-0.15, -0.1) is 11.3 Å². The van der Waals surface area contributed by atoms with E-state index >= 15 is 0 Å². The van der Waals surface area contributed by atoms with Gasteiger partial charge >= 0.3 is 0 Å². The Hall–Kier alpha value is -1.52. The number of carbonyl (C=O) groups excluding carboxylic acids is 1. The largest absolute Gasteiger partial charge is 0.368 e. The molecule has 1 saturated heterocycles. The SMILES string of the molecule is Cc1cc(C(=O)N2CCN(c3cccc(Cl)c3)CC2)c(C)s1. The van der Waals surface area contributed by atoms with Crippen LogP contribution in [-0.4, -0.2) is 37.0 Å². The highest BCUT2D eigenvalue weighted by Gasteiger charge is 2.24. The number of aryl methyl sites for hydroxylation is 2. The Kier molecular flexibility index (Phi) is 4.41. The van der Waals surface area contributed by atoms with E-state index in [-0.39, 0.29) is 5.91 Å². The number of nitrogens with zero attached hydrogens (tertiary/aromatic N) is 2. The number of carbonyl (C=O) groups is 1. The maximum absolute atomic E-state index is 12.6. The molecule has 1 aromatic heterocycles. The first kappa shape index (κ1) is 15.4. The molecule has 1 fully saturated rings. The third kappa shape index (κ3) is 3.13. The molecule has 1 aliphatic heterocycles. The third-order valence-electron chi connectivity index (χ3n) is 4.01. The lowest BCUT2D eigenvalue weighted by Crippen LogP contribution is -2.48. The smallest absolute Gasteiger partial charge is 0.255 e. The molecule has 5 heteroatoms. The topological polar surface area (TPSA) is 23.6 Å². The summed E-state index contributed by atoms with van der Waals surface area (Å²) in [5.41, 5.74) is 1.99. The van der Waals surface area contributed by atoms with Crippen molar-refractivity contribution in [2.45, 2.75) is 13.8 Å². The number of hydrogen-bond donors (Lipinski definition) is 0. The average Bonchev–Trinajstić information content (AvgIpc) is 2.85. The summed E-state index contributed by atoms with van der Waals surface area (Å²) >= 11 is 7.74. The molecule has 0 N–H and O–H groups in total. The molecule has 0 aliphatic carbocycles. The minimum atomic E-state index is 0.160. The zero-order valence-corrected chi connectivity index (χ0v) is 14.4. The van der Waals surface area contributed by atoms with Gasteiger partial charge in [0, 0.05) is 46.6 Å². The normalized spacial score (nSPS) is 15.2. The summed E-state index contributed by atoms with van der Waals surface area (Å²) in [5.74, 6) is 0.160. The zero-order chi connectivity index (χ0) is 15.7. The van der Waals surface area contributed by atoms with E-state index in [0.717, 1.165) is 47.3 Å². The summed E-state index contributed by atoms with van der Waals surface area (Å²) in [4.78, 5) is 19.2. The van der Waals surface area contributed by atoms with Crippen molar-refractivity contribution in [3.05, 3.63) is 50.7 Å². The lowest BCUT2D eigenvalue weighted by atomic mass is 10.2. The highest BCUT2D eigenvalue weighted by atomic mass is 35.5. The van der Waals surface area contributed by atoms with Crippen molar-refractivity contribution in [2.24, 2.45) is 0 Å². The molecule has 2 heterocycles. The summed E-state index contributed by atoms with van der Waals surface area (Å²) in [5, 5.41) is 0.750. The molecule has 22 heavy (non-hydrogen) atoms. The van der Waals surface area contributed by atoms with Crippen molar-refractivity contribution >= 4 is 34.5 Å². The van der Waals surface area contributed by atoms with Crippen LogP contribution in [-0.2, 0) is 0 Å². The molecular weight excluding hydrogens is 316 g/mol. The standard InChI is InChI=1S/C17H19ClN2OS/c1-12-10-16(13(2)22-12)17(21)20-8-6-19(7-9-20)15-5-3-4-14(18)11-15/h3-5,10-11H,6-9H2,1-2H3. The Bertz CT molecular complexity index is 690. The van der Waals surface area contributed by atoms with E-state index in [1.54, 1.807) is 11.3 Å². The second kappa shape index (κ2) is 6.31. The highest BCUT2D eigenvalue weighted by Crippen LogP contribution is 2.24. The summed E-state index contributed by atoms with van der Waals surface area (Å²) in [6.45, 7) is 7.25. The molecule has 3 rings (SSSR count). The van der Waals surface area contributed by atoms with Crippen LogP contribution in [0.4, 0.5) is 5.69 Å². The first-order chi connectivity index (χ1) is 10.5. The van der Waals surface area contributed by atoms with Crippen molar-refractivity contribution in [3.8, 4) is 0 Å². The summed E-state index contributed by atoms with van der Waals surface area (Å²) in [6.07, 6.45) is 0. The molecule has 3 nitrogen and oxygen atoms in total. The number of piperazine rings is 1. The fraction of sp³-hybridized carbons (Fsp3) is 0.353. The molecule has 0 saturated carbocycles. The number of anilines is 1. The van der Waals surface area contributed by atoms with Crippen LogP contribution >= 0.6 is 22.9 Å². The number of rotatable bonds is 2. The van der Waals surface area contributed by atoms with Gasteiger partial charge in [0.2, 0.25) is 0 Å².